The lowest BCUT2D eigenvalue weighted by atomic mass is 9.70. The van der Waals surface area contributed by atoms with Crippen molar-refractivity contribution in [2.45, 2.75) is 51.9 Å². The van der Waals surface area contributed by atoms with Gasteiger partial charge >= 0.3 is 0 Å². The number of benzene rings is 1. The zero-order valence-corrected chi connectivity index (χ0v) is 12.9. The van der Waals surface area contributed by atoms with Crippen LogP contribution in [0.1, 0.15) is 57.4 Å². The molecule has 0 radical (unpaired) electrons. The molecule has 0 heterocycles. The Morgan fingerprint density at radius 1 is 1.25 bits per heavy atom. The second-order valence-electron chi connectivity index (χ2n) is 6.20. The third kappa shape index (κ3) is 4.05. The van der Waals surface area contributed by atoms with E-state index in [9.17, 15) is 4.39 Å². The zero-order chi connectivity index (χ0) is 14.4. The quantitative estimate of drug-likeness (QED) is 0.792. The smallest absolute Gasteiger partial charge is 0.123 e. The van der Waals surface area contributed by atoms with E-state index in [4.69, 9.17) is 0 Å². The van der Waals surface area contributed by atoms with Crippen molar-refractivity contribution in [2.75, 3.05) is 13.1 Å². The first-order valence-corrected chi connectivity index (χ1v) is 8.20. The van der Waals surface area contributed by atoms with E-state index in [1.54, 1.807) is 12.1 Å². The molecule has 1 aliphatic carbocycles. The van der Waals surface area contributed by atoms with Crippen LogP contribution in [0.5, 0.6) is 0 Å². The van der Waals surface area contributed by atoms with Crippen LogP contribution in [0.25, 0.3) is 0 Å². The van der Waals surface area contributed by atoms with Crippen LogP contribution in [0.15, 0.2) is 24.3 Å². The third-order valence-electron chi connectivity index (χ3n) is 4.73. The summed E-state index contributed by atoms with van der Waals surface area (Å²) < 4.78 is 13.5. The third-order valence-corrected chi connectivity index (χ3v) is 4.73. The number of rotatable bonds is 6. The van der Waals surface area contributed by atoms with E-state index in [-0.39, 0.29) is 5.82 Å². The van der Waals surface area contributed by atoms with Gasteiger partial charge in [0.1, 0.15) is 5.82 Å². The molecule has 0 bridgehead atoms. The normalized spacial score (nSPS) is 26.6. The molecular weight excluding hydrogens is 249 g/mol. The lowest BCUT2D eigenvalue weighted by Crippen LogP contribution is -2.32. The molecule has 0 aromatic heterocycles. The Morgan fingerprint density at radius 3 is 2.80 bits per heavy atom. The standard InChI is InChI=1S/C18H28FN/c1-3-6-14-9-10-16(13-20-4-2)18(11-14)15-7-5-8-17(19)12-15/h5,7-8,12,14,16,18,20H,3-4,6,9-11,13H2,1-2H3. The van der Waals surface area contributed by atoms with Crippen LogP contribution >= 0.6 is 0 Å². The van der Waals surface area contributed by atoms with Crippen LogP contribution in [-0.4, -0.2) is 13.1 Å². The van der Waals surface area contributed by atoms with E-state index in [1.807, 2.05) is 6.07 Å². The molecule has 2 heteroatoms. The monoisotopic (exact) mass is 277 g/mol. The van der Waals surface area contributed by atoms with Crippen molar-refractivity contribution in [3.8, 4) is 0 Å². The molecule has 1 nitrogen and oxygen atoms in total. The van der Waals surface area contributed by atoms with Crippen LogP contribution in [0.4, 0.5) is 4.39 Å². The van der Waals surface area contributed by atoms with E-state index in [2.05, 4.69) is 25.2 Å². The second-order valence-corrected chi connectivity index (χ2v) is 6.20. The summed E-state index contributed by atoms with van der Waals surface area (Å²) in [6.45, 7) is 6.50. The zero-order valence-electron chi connectivity index (χ0n) is 12.9. The van der Waals surface area contributed by atoms with Crippen molar-refractivity contribution in [3.63, 3.8) is 0 Å². The topological polar surface area (TPSA) is 12.0 Å². The molecule has 1 aromatic rings. The van der Waals surface area contributed by atoms with E-state index < -0.39 is 0 Å². The molecule has 1 N–H and O–H groups in total. The van der Waals surface area contributed by atoms with Gasteiger partial charge in [-0.1, -0.05) is 45.2 Å². The fourth-order valence-corrected chi connectivity index (χ4v) is 3.71. The molecule has 1 fully saturated rings. The average Bonchev–Trinajstić information content (AvgIpc) is 2.46. The molecule has 0 spiro atoms. The summed E-state index contributed by atoms with van der Waals surface area (Å²) in [7, 11) is 0. The first-order chi connectivity index (χ1) is 9.74. The lowest BCUT2D eigenvalue weighted by Gasteiger charge is -2.37. The van der Waals surface area contributed by atoms with E-state index in [0.717, 1.165) is 19.0 Å². The van der Waals surface area contributed by atoms with Gasteiger partial charge in [-0.2, -0.15) is 0 Å². The predicted octanol–water partition coefficient (Wildman–Crippen LogP) is 4.74. The van der Waals surface area contributed by atoms with Crippen molar-refractivity contribution >= 4 is 0 Å². The summed E-state index contributed by atoms with van der Waals surface area (Å²) in [6.07, 6.45) is 6.43. The minimum absolute atomic E-state index is 0.0951. The molecular formula is C18H28FN. The van der Waals surface area contributed by atoms with Gasteiger partial charge in [-0.3, -0.25) is 0 Å². The van der Waals surface area contributed by atoms with Gasteiger partial charge < -0.3 is 5.32 Å². The van der Waals surface area contributed by atoms with Crippen LogP contribution in [0.2, 0.25) is 0 Å². The highest BCUT2D eigenvalue weighted by molar-refractivity contribution is 5.22. The minimum Gasteiger partial charge on any atom is -0.317 e. The molecule has 1 aromatic carbocycles. The number of nitrogens with one attached hydrogen (secondary N) is 1. The molecule has 0 amide bonds. The van der Waals surface area contributed by atoms with Gasteiger partial charge in [-0.15, -0.1) is 0 Å². The van der Waals surface area contributed by atoms with E-state index in [0.29, 0.717) is 11.8 Å². The van der Waals surface area contributed by atoms with Gasteiger partial charge in [0, 0.05) is 0 Å². The summed E-state index contributed by atoms with van der Waals surface area (Å²) in [5, 5.41) is 3.49. The summed E-state index contributed by atoms with van der Waals surface area (Å²) in [5.41, 5.74) is 1.20. The highest BCUT2D eigenvalue weighted by atomic mass is 19.1. The van der Waals surface area contributed by atoms with Crippen molar-refractivity contribution in [1.29, 1.82) is 0 Å². The van der Waals surface area contributed by atoms with Gasteiger partial charge in [0.15, 0.2) is 0 Å². The summed E-state index contributed by atoms with van der Waals surface area (Å²) in [5.74, 6) is 1.91. The van der Waals surface area contributed by atoms with Gasteiger partial charge in [-0.05, 0) is 61.4 Å². The first kappa shape index (κ1) is 15.5. The molecule has 0 saturated heterocycles. The molecule has 3 unspecified atom stereocenters. The summed E-state index contributed by atoms with van der Waals surface area (Å²) >= 11 is 0. The maximum Gasteiger partial charge on any atom is 0.123 e. The van der Waals surface area contributed by atoms with Crippen molar-refractivity contribution in [3.05, 3.63) is 35.6 Å². The second kappa shape index (κ2) is 7.78. The van der Waals surface area contributed by atoms with Crippen LogP contribution in [0, 0.1) is 17.7 Å². The van der Waals surface area contributed by atoms with Gasteiger partial charge in [0.2, 0.25) is 0 Å². The Kier molecular flexibility index (Phi) is 6.03. The lowest BCUT2D eigenvalue weighted by molar-refractivity contribution is 0.221. The Bertz CT molecular complexity index is 404. The number of hydrogen-bond donors (Lipinski definition) is 1. The van der Waals surface area contributed by atoms with Crippen LogP contribution in [-0.2, 0) is 0 Å². The van der Waals surface area contributed by atoms with Crippen molar-refractivity contribution in [1.82, 2.24) is 5.32 Å². The fourth-order valence-electron chi connectivity index (χ4n) is 3.71. The molecule has 3 atom stereocenters. The van der Waals surface area contributed by atoms with Crippen LogP contribution in [0.3, 0.4) is 0 Å². The Morgan fingerprint density at radius 2 is 2.10 bits per heavy atom. The van der Waals surface area contributed by atoms with Gasteiger partial charge in [0.05, 0.1) is 0 Å². The highest BCUT2D eigenvalue weighted by Crippen LogP contribution is 2.42. The van der Waals surface area contributed by atoms with E-state index in [1.165, 1.54) is 37.7 Å². The van der Waals surface area contributed by atoms with Crippen molar-refractivity contribution < 1.29 is 4.39 Å². The fraction of sp³-hybridized carbons (Fsp3) is 0.667. The molecule has 1 aliphatic rings. The Balaban J connectivity index is 2.12. The number of hydrogen-bond acceptors (Lipinski definition) is 1. The first-order valence-electron chi connectivity index (χ1n) is 8.20. The largest absolute Gasteiger partial charge is 0.317 e. The maximum absolute atomic E-state index is 13.5. The maximum atomic E-state index is 13.5. The summed E-state index contributed by atoms with van der Waals surface area (Å²) in [4.78, 5) is 0. The Hall–Kier alpha value is -0.890. The Labute approximate surface area is 123 Å². The van der Waals surface area contributed by atoms with Gasteiger partial charge in [0.25, 0.3) is 0 Å². The summed E-state index contributed by atoms with van der Waals surface area (Å²) in [6, 6.07) is 7.27. The van der Waals surface area contributed by atoms with Gasteiger partial charge in [-0.25, -0.2) is 4.39 Å². The van der Waals surface area contributed by atoms with Crippen molar-refractivity contribution in [2.24, 2.45) is 11.8 Å². The van der Waals surface area contributed by atoms with Crippen LogP contribution < -0.4 is 5.32 Å². The SMILES string of the molecule is CCCC1CCC(CNCC)C(c2cccc(F)c2)C1. The molecule has 112 valence electrons. The highest BCUT2D eigenvalue weighted by Gasteiger charge is 2.30. The molecule has 0 aliphatic heterocycles. The molecule has 1 saturated carbocycles. The van der Waals surface area contributed by atoms with E-state index >= 15 is 0 Å². The number of halogens is 1. The molecule has 2 rings (SSSR count). The predicted molar refractivity (Wildman–Crippen MR) is 83.4 cm³/mol. The minimum atomic E-state index is -0.0951. The molecule has 20 heavy (non-hydrogen) atoms. The average molecular weight is 277 g/mol.